The van der Waals surface area contributed by atoms with Gasteiger partial charge in [-0.25, -0.2) is 0 Å². The summed E-state index contributed by atoms with van der Waals surface area (Å²) < 4.78 is 160. The average molecular weight is 549 g/mol. The highest BCUT2D eigenvalue weighted by Gasteiger charge is 2.61. The molecule has 36 heavy (non-hydrogen) atoms. The van der Waals surface area contributed by atoms with Gasteiger partial charge in [0.15, 0.2) is 0 Å². The van der Waals surface area contributed by atoms with Crippen LogP contribution in [0.3, 0.4) is 0 Å². The fraction of sp³-hybridized carbons (Fsp3) is 0.400. The van der Waals surface area contributed by atoms with Gasteiger partial charge in [-0.2, -0.15) is 62.7 Å². The van der Waals surface area contributed by atoms with Gasteiger partial charge in [-0.3, -0.25) is 10.1 Å². The van der Waals surface area contributed by atoms with E-state index < -0.39 is 71.2 Å². The van der Waals surface area contributed by atoms with E-state index in [4.69, 9.17) is 0 Å². The number of nitro benzene ring substituents is 1. The van der Waals surface area contributed by atoms with Crippen LogP contribution >= 0.6 is 0 Å². The molecule has 0 spiro atoms. The van der Waals surface area contributed by atoms with Gasteiger partial charge in [-0.15, -0.1) is 4.98 Å². The predicted molar refractivity (Wildman–Crippen MR) is 89.3 cm³/mol. The quantitative estimate of drug-likeness (QED) is 0.283. The number of hydrogen-bond acceptors (Lipinski definition) is 8. The molecule has 2 aromatic rings. The van der Waals surface area contributed by atoms with Gasteiger partial charge < -0.3 is 14.8 Å². The first-order valence-corrected chi connectivity index (χ1v) is 8.56. The molecule has 200 valence electrons. The van der Waals surface area contributed by atoms with E-state index in [2.05, 4.69) is 24.4 Å². The minimum atomic E-state index is -6.20. The fourth-order valence-corrected chi connectivity index (χ4v) is 2.21. The molecule has 0 aliphatic carbocycles. The van der Waals surface area contributed by atoms with Crippen LogP contribution in [0.25, 0.3) is 0 Å². The lowest BCUT2D eigenvalue weighted by molar-refractivity contribution is -0.383. The second-order valence-corrected chi connectivity index (χ2v) is 6.29. The summed E-state index contributed by atoms with van der Waals surface area (Å²) in [4.78, 5) is 18.3. The Morgan fingerprint density at radius 2 is 1.11 bits per heavy atom. The first-order chi connectivity index (χ1) is 16.2. The SMILES string of the molecule is O=[N+]([O-])c1ccccc1Nc1nc(OC(C(F)(F)F)C(F)(F)F)nc(OC(C(F)(F)F)C(F)(F)F)n1. The minimum Gasteiger partial charge on any atom is -0.440 e. The maximum absolute atomic E-state index is 12.8. The van der Waals surface area contributed by atoms with Gasteiger partial charge in [0.25, 0.3) is 17.9 Å². The second-order valence-electron chi connectivity index (χ2n) is 6.29. The van der Waals surface area contributed by atoms with Crippen LogP contribution in [0, 0.1) is 10.1 Å². The molecular weight excluding hydrogens is 542 g/mol. The summed E-state index contributed by atoms with van der Waals surface area (Å²) in [6.07, 6.45) is -34.1. The molecule has 2 rings (SSSR count). The number of aromatic nitrogens is 3. The molecule has 0 saturated carbocycles. The topological polar surface area (TPSA) is 112 Å². The number of nitrogens with zero attached hydrogens (tertiary/aromatic N) is 4. The zero-order valence-corrected chi connectivity index (χ0v) is 16.4. The van der Waals surface area contributed by atoms with E-state index >= 15 is 0 Å². The van der Waals surface area contributed by atoms with Crippen LogP contribution in [0.4, 0.5) is 70.0 Å². The van der Waals surface area contributed by atoms with Gasteiger partial charge in [-0.1, -0.05) is 12.1 Å². The van der Waals surface area contributed by atoms with E-state index in [1.807, 2.05) is 5.32 Å². The van der Waals surface area contributed by atoms with Gasteiger partial charge >= 0.3 is 36.7 Å². The highest BCUT2D eigenvalue weighted by Crippen LogP contribution is 2.38. The number of nitrogens with one attached hydrogen (secondary N) is 1. The Kier molecular flexibility index (Phi) is 7.64. The minimum absolute atomic E-state index is 0.628. The van der Waals surface area contributed by atoms with Crippen LogP contribution in [-0.2, 0) is 0 Å². The number of alkyl halides is 12. The third-order valence-corrected chi connectivity index (χ3v) is 3.58. The molecule has 0 aliphatic rings. The molecule has 0 amide bonds. The number of benzene rings is 1. The van der Waals surface area contributed by atoms with Gasteiger partial charge in [0.05, 0.1) is 4.92 Å². The molecule has 0 atom stereocenters. The lowest BCUT2D eigenvalue weighted by Crippen LogP contribution is -2.47. The third-order valence-electron chi connectivity index (χ3n) is 3.58. The second kappa shape index (κ2) is 9.68. The molecule has 0 unspecified atom stereocenters. The molecule has 1 aromatic heterocycles. The number of hydrogen-bond donors (Lipinski definition) is 1. The van der Waals surface area contributed by atoms with Crippen LogP contribution < -0.4 is 14.8 Å². The van der Waals surface area contributed by atoms with Gasteiger partial charge in [-0.05, 0) is 6.07 Å². The Labute approximate surface area is 189 Å². The first kappa shape index (κ1) is 28.4. The lowest BCUT2D eigenvalue weighted by Gasteiger charge is -2.24. The monoisotopic (exact) mass is 549 g/mol. The highest BCUT2D eigenvalue weighted by atomic mass is 19.4. The average Bonchev–Trinajstić information content (AvgIpc) is 2.67. The predicted octanol–water partition coefficient (Wildman–Crippen LogP) is 5.27. The zero-order valence-electron chi connectivity index (χ0n) is 16.4. The van der Waals surface area contributed by atoms with Crippen molar-refractivity contribution >= 4 is 17.3 Å². The van der Waals surface area contributed by atoms with E-state index in [0.717, 1.165) is 24.3 Å². The summed E-state index contributed by atoms with van der Waals surface area (Å²) in [6, 6.07) is -0.240. The Morgan fingerprint density at radius 1 is 0.722 bits per heavy atom. The summed E-state index contributed by atoms with van der Waals surface area (Å²) in [5, 5.41) is 12.9. The Bertz CT molecular complexity index is 1010. The number of halogens is 12. The van der Waals surface area contributed by atoms with Crippen molar-refractivity contribution in [1.29, 1.82) is 0 Å². The molecule has 0 radical (unpaired) electrons. The van der Waals surface area contributed by atoms with Crippen molar-refractivity contribution < 1.29 is 67.1 Å². The molecule has 21 heteroatoms. The summed E-state index contributed by atoms with van der Waals surface area (Å²) in [5.41, 5.74) is -1.44. The third kappa shape index (κ3) is 7.34. The molecule has 9 nitrogen and oxygen atoms in total. The summed E-state index contributed by atoms with van der Waals surface area (Å²) in [7, 11) is 0. The molecule has 1 heterocycles. The van der Waals surface area contributed by atoms with Crippen molar-refractivity contribution in [3.63, 3.8) is 0 Å². The molecule has 1 aromatic carbocycles. The van der Waals surface area contributed by atoms with Crippen LogP contribution in [-0.4, -0.2) is 56.8 Å². The Balaban J connectivity index is 2.61. The van der Waals surface area contributed by atoms with E-state index in [1.165, 1.54) is 0 Å². The van der Waals surface area contributed by atoms with Gasteiger partial charge in [0.2, 0.25) is 5.95 Å². The highest BCUT2D eigenvalue weighted by molar-refractivity contribution is 5.66. The van der Waals surface area contributed by atoms with Crippen molar-refractivity contribution in [2.75, 3.05) is 5.32 Å². The number of nitro groups is 1. The zero-order chi connectivity index (χ0) is 27.7. The molecular formula is C15H7F12N5O4. The smallest absolute Gasteiger partial charge is 0.434 e. The van der Waals surface area contributed by atoms with E-state index in [1.54, 1.807) is 0 Å². The molecule has 0 aliphatic heterocycles. The van der Waals surface area contributed by atoms with Crippen molar-refractivity contribution in [3.8, 4) is 12.0 Å². The largest absolute Gasteiger partial charge is 0.440 e. The van der Waals surface area contributed by atoms with Crippen LogP contribution in [0.1, 0.15) is 0 Å². The summed E-state index contributed by atoms with van der Waals surface area (Å²) in [5.74, 6) is -1.37. The number of rotatable bonds is 7. The molecule has 1 N–H and O–H groups in total. The normalized spacial score (nSPS) is 13.2. The fourth-order valence-electron chi connectivity index (χ4n) is 2.21. The van der Waals surface area contributed by atoms with Crippen molar-refractivity contribution in [1.82, 2.24) is 15.0 Å². The molecule has 0 bridgehead atoms. The summed E-state index contributed by atoms with van der Waals surface area (Å²) >= 11 is 0. The van der Waals surface area contributed by atoms with E-state index in [9.17, 15) is 62.8 Å². The van der Waals surface area contributed by atoms with E-state index in [0.29, 0.717) is 0 Å². The Morgan fingerprint density at radius 3 is 1.47 bits per heavy atom. The lowest BCUT2D eigenvalue weighted by atomic mass is 10.3. The maximum Gasteiger partial charge on any atom is 0.434 e. The van der Waals surface area contributed by atoms with E-state index in [-0.39, 0.29) is 0 Å². The maximum atomic E-state index is 12.8. The van der Waals surface area contributed by atoms with Crippen LogP contribution in [0.2, 0.25) is 0 Å². The van der Waals surface area contributed by atoms with Gasteiger partial charge in [0.1, 0.15) is 5.69 Å². The summed E-state index contributed by atoms with van der Waals surface area (Å²) in [6.45, 7) is 0. The standard InChI is InChI=1S/C15H7F12N5O4/c16-12(17,18)7(13(19,20)21)35-10-29-9(28-5-3-1-2-4-6(5)32(33)34)30-11(31-10)36-8(14(22,23)24)15(25,26)27/h1-4,7-8H,(H,28,29,30,31). The Hall–Kier alpha value is -3.81. The number of ether oxygens (including phenoxy) is 2. The number of anilines is 2. The molecule has 0 fully saturated rings. The van der Waals surface area contributed by atoms with Crippen LogP contribution in [0.15, 0.2) is 24.3 Å². The van der Waals surface area contributed by atoms with Gasteiger partial charge in [0, 0.05) is 6.07 Å². The van der Waals surface area contributed by atoms with Crippen molar-refractivity contribution in [2.45, 2.75) is 36.9 Å². The number of para-hydroxylation sites is 2. The van der Waals surface area contributed by atoms with Crippen LogP contribution in [0.5, 0.6) is 12.0 Å². The molecule has 0 saturated heterocycles. The first-order valence-electron chi connectivity index (χ1n) is 8.56. The van der Waals surface area contributed by atoms with Crippen molar-refractivity contribution in [3.05, 3.63) is 34.4 Å². The van der Waals surface area contributed by atoms with Crippen molar-refractivity contribution in [2.24, 2.45) is 0 Å².